The molecule has 5 N–H and O–H groups in total. The maximum absolute atomic E-state index is 7.09. The summed E-state index contributed by atoms with van der Waals surface area (Å²) in [5, 5.41) is 7.09. The van der Waals surface area contributed by atoms with Gasteiger partial charge in [0.2, 0.25) is 0 Å². The van der Waals surface area contributed by atoms with Crippen LogP contribution in [0, 0.1) is 5.41 Å². The topological polar surface area (TPSA) is 89.0 Å². The number of furan rings is 1. The van der Waals surface area contributed by atoms with Crippen molar-refractivity contribution >= 4 is 42.4 Å². The van der Waals surface area contributed by atoms with E-state index in [9.17, 15) is 0 Å². The largest absolute Gasteiger partial charge is 0.463 e. The van der Waals surface area contributed by atoms with Gasteiger partial charge in [-0.3, -0.25) is 5.41 Å². The Morgan fingerprint density at radius 3 is 2.44 bits per heavy atom. The lowest BCUT2D eigenvalue weighted by molar-refractivity contribution is 0.381. The summed E-state index contributed by atoms with van der Waals surface area (Å²) in [6.07, 6.45) is 0.626. The van der Waals surface area contributed by atoms with E-state index in [1.165, 1.54) is 0 Å². The van der Waals surface area contributed by atoms with Crippen molar-refractivity contribution in [2.45, 2.75) is 31.6 Å². The van der Waals surface area contributed by atoms with Crippen molar-refractivity contribution < 1.29 is 4.42 Å². The minimum atomic E-state index is -0.428. The molecular weight excluding hydrogens is 293 g/mol. The number of amidine groups is 1. The molecule has 1 aromatic rings. The molecule has 0 amide bonds. The first kappa shape index (κ1) is 20.0. The lowest BCUT2D eigenvalue weighted by atomic mass is 10.0. The summed E-state index contributed by atoms with van der Waals surface area (Å²) in [5.41, 5.74) is 10.8. The van der Waals surface area contributed by atoms with Crippen LogP contribution in [-0.2, 0) is 11.3 Å². The standard InChI is InChI=1S/C11H19N3OS.2ClH/c1-11(2,14)9-4-3-8(15-9)7-16-6-5-10(12)13;;/h3-4H,5-7,14H2,1-2H3,(H3,12,13);2*1H. The number of nitrogens with two attached hydrogens (primary N) is 2. The van der Waals surface area contributed by atoms with Crippen molar-refractivity contribution in [1.82, 2.24) is 0 Å². The Morgan fingerprint density at radius 2 is 2.00 bits per heavy atom. The molecule has 0 aliphatic rings. The van der Waals surface area contributed by atoms with Gasteiger partial charge in [0, 0.05) is 12.2 Å². The predicted molar refractivity (Wildman–Crippen MR) is 83.1 cm³/mol. The quantitative estimate of drug-likeness (QED) is 0.428. The van der Waals surface area contributed by atoms with Gasteiger partial charge in [-0.15, -0.1) is 24.8 Å². The lowest BCUT2D eigenvalue weighted by Gasteiger charge is -2.14. The third-order valence-corrected chi connectivity index (χ3v) is 3.04. The summed E-state index contributed by atoms with van der Waals surface area (Å²) in [7, 11) is 0. The zero-order chi connectivity index (χ0) is 12.2. The zero-order valence-electron chi connectivity index (χ0n) is 10.6. The van der Waals surface area contributed by atoms with Gasteiger partial charge in [0.05, 0.1) is 17.1 Å². The molecule has 0 aliphatic heterocycles. The van der Waals surface area contributed by atoms with E-state index in [1.807, 2.05) is 26.0 Å². The normalized spacial score (nSPS) is 10.4. The molecule has 1 heterocycles. The van der Waals surface area contributed by atoms with E-state index in [0.29, 0.717) is 6.42 Å². The molecule has 18 heavy (non-hydrogen) atoms. The zero-order valence-corrected chi connectivity index (χ0v) is 13.0. The number of hydrogen-bond donors (Lipinski definition) is 3. The Labute approximate surface area is 125 Å². The molecule has 4 nitrogen and oxygen atoms in total. The van der Waals surface area contributed by atoms with Crippen LogP contribution >= 0.6 is 36.6 Å². The lowest BCUT2D eigenvalue weighted by Crippen LogP contribution is -2.27. The van der Waals surface area contributed by atoms with Crippen LogP contribution in [0.15, 0.2) is 16.5 Å². The molecule has 0 atom stereocenters. The number of hydrogen-bond acceptors (Lipinski definition) is 4. The second-order valence-corrected chi connectivity index (χ2v) is 5.42. The highest BCUT2D eigenvalue weighted by atomic mass is 35.5. The van der Waals surface area contributed by atoms with E-state index in [-0.39, 0.29) is 30.6 Å². The van der Waals surface area contributed by atoms with Gasteiger partial charge in [-0.2, -0.15) is 11.8 Å². The maximum atomic E-state index is 7.09. The summed E-state index contributed by atoms with van der Waals surface area (Å²) >= 11 is 1.70. The van der Waals surface area contributed by atoms with E-state index < -0.39 is 5.54 Å². The van der Waals surface area contributed by atoms with Crippen LogP contribution in [0.4, 0.5) is 0 Å². The molecule has 0 aliphatic carbocycles. The molecule has 0 aromatic carbocycles. The third kappa shape index (κ3) is 7.16. The minimum absolute atomic E-state index is 0. The van der Waals surface area contributed by atoms with Gasteiger partial charge in [-0.1, -0.05) is 0 Å². The molecule has 0 bridgehead atoms. The fraction of sp³-hybridized carbons (Fsp3) is 0.545. The smallest absolute Gasteiger partial charge is 0.123 e. The number of rotatable bonds is 6. The Kier molecular flexibility index (Phi) is 9.64. The summed E-state index contributed by atoms with van der Waals surface area (Å²) in [6.45, 7) is 3.83. The molecule has 0 fully saturated rings. The molecule has 7 heteroatoms. The molecule has 0 saturated heterocycles. The average molecular weight is 314 g/mol. The van der Waals surface area contributed by atoms with Crippen LogP contribution in [0.2, 0.25) is 0 Å². The van der Waals surface area contributed by atoms with E-state index in [1.54, 1.807) is 11.8 Å². The summed E-state index contributed by atoms with van der Waals surface area (Å²) in [5.74, 6) is 3.59. The molecule has 0 saturated carbocycles. The van der Waals surface area contributed by atoms with Gasteiger partial charge in [-0.05, 0) is 26.0 Å². The van der Waals surface area contributed by atoms with E-state index >= 15 is 0 Å². The average Bonchev–Trinajstić information content (AvgIpc) is 2.59. The van der Waals surface area contributed by atoms with Crippen LogP contribution in [0.25, 0.3) is 0 Å². The first-order valence-corrected chi connectivity index (χ1v) is 6.34. The van der Waals surface area contributed by atoms with Crippen LogP contribution in [0.1, 0.15) is 31.8 Å². The van der Waals surface area contributed by atoms with Gasteiger partial charge in [0.1, 0.15) is 11.5 Å². The Morgan fingerprint density at radius 1 is 1.39 bits per heavy atom. The molecular formula is C11H21Cl2N3OS. The van der Waals surface area contributed by atoms with Crippen molar-refractivity contribution in [2.24, 2.45) is 11.5 Å². The summed E-state index contributed by atoms with van der Waals surface area (Å²) < 4.78 is 5.62. The van der Waals surface area contributed by atoms with E-state index in [0.717, 1.165) is 23.0 Å². The first-order valence-electron chi connectivity index (χ1n) is 5.18. The monoisotopic (exact) mass is 313 g/mol. The molecule has 0 radical (unpaired) electrons. The van der Waals surface area contributed by atoms with E-state index in [4.69, 9.17) is 21.3 Å². The molecule has 1 aromatic heterocycles. The molecule has 1 rings (SSSR count). The highest BCUT2D eigenvalue weighted by Gasteiger charge is 2.18. The first-order chi connectivity index (χ1) is 7.39. The van der Waals surface area contributed by atoms with Crippen molar-refractivity contribution in [1.29, 1.82) is 5.41 Å². The summed E-state index contributed by atoms with van der Waals surface area (Å²) in [6, 6.07) is 3.87. The maximum Gasteiger partial charge on any atom is 0.123 e. The highest BCUT2D eigenvalue weighted by molar-refractivity contribution is 7.98. The van der Waals surface area contributed by atoms with Gasteiger partial charge >= 0.3 is 0 Å². The molecule has 0 unspecified atom stereocenters. The van der Waals surface area contributed by atoms with Crippen LogP contribution in [-0.4, -0.2) is 11.6 Å². The SMILES string of the molecule is CC(C)(N)c1ccc(CSCCC(=N)N)o1.Cl.Cl. The van der Waals surface area contributed by atoms with Gasteiger partial charge in [-0.25, -0.2) is 0 Å². The third-order valence-electron chi connectivity index (χ3n) is 2.06. The second kappa shape index (κ2) is 8.69. The van der Waals surface area contributed by atoms with E-state index in [2.05, 4.69) is 0 Å². The number of halogens is 2. The molecule has 106 valence electrons. The van der Waals surface area contributed by atoms with Crippen molar-refractivity contribution in [2.75, 3.05) is 5.75 Å². The summed E-state index contributed by atoms with van der Waals surface area (Å²) in [4.78, 5) is 0. The fourth-order valence-corrected chi connectivity index (χ4v) is 2.02. The van der Waals surface area contributed by atoms with Gasteiger partial charge in [0.15, 0.2) is 0 Å². The van der Waals surface area contributed by atoms with Crippen molar-refractivity contribution in [3.63, 3.8) is 0 Å². The van der Waals surface area contributed by atoms with Crippen LogP contribution in [0.3, 0.4) is 0 Å². The molecule has 0 spiro atoms. The van der Waals surface area contributed by atoms with Crippen molar-refractivity contribution in [3.05, 3.63) is 23.7 Å². The number of thioether (sulfide) groups is 1. The minimum Gasteiger partial charge on any atom is -0.463 e. The fourth-order valence-electron chi connectivity index (χ4n) is 1.16. The Bertz CT molecular complexity index is 363. The van der Waals surface area contributed by atoms with Gasteiger partial charge in [0.25, 0.3) is 0 Å². The van der Waals surface area contributed by atoms with Crippen molar-refractivity contribution in [3.8, 4) is 0 Å². The Balaban J connectivity index is 0. The second-order valence-electron chi connectivity index (χ2n) is 4.32. The van der Waals surface area contributed by atoms with Gasteiger partial charge < -0.3 is 15.9 Å². The predicted octanol–water partition coefficient (Wildman–Crippen LogP) is 2.88. The van der Waals surface area contributed by atoms with Crippen LogP contribution in [0.5, 0.6) is 0 Å². The number of nitrogens with one attached hydrogen (secondary N) is 1. The van der Waals surface area contributed by atoms with Crippen LogP contribution < -0.4 is 11.5 Å². The highest BCUT2D eigenvalue weighted by Crippen LogP contribution is 2.22. The Hall–Kier alpha value is -0.360.